The molecule has 4 rings (SSSR count). The number of anilines is 1. The lowest BCUT2D eigenvalue weighted by Crippen LogP contribution is -2.45. The van der Waals surface area contributed by atoms with Crippen LogP contribution in [-0.2, 0) is 25.6 Å². The van der Waals surface area contributed by atoms with Gasteiger partial charge in [-0.1, -0.05) is 19.9 Å². The number of carbonyl (C=O) groups excluding carboxylic acids is 1. The van der Waals surface area contributed by atoms with E-state index in [1.54, 1.807) is 23.4 Å². The summed E-state index contributed by atoms with van der Waals surface area (Å²) in [6.07, 6.45) is 0.139. The minimum absolute atomic E-state index is 0.0764. The molecule has 0 spiro atoms. The summed E-state index contributed by atoms with van der Waals surface area (Å²) < 4.78 is 57.6. The Balaban J connectivity index is 1.85. The zero-order valence-corrected chi connectivity index (χ0v) is 23.2. The highest BCUT2D eigenvalue weighted by Crippen LogP contribution is 2.52. The monoisotopic (exact) mass is 562 g/mol. The maximum Gasteiger partial charge on any atom is 0.406 e. The first-order valence-electron chi connectivity index (χ1n) is 13.1. The van der Waals surface area contributed by atoms with E-state index in [1.807, 2.05) is 32.4 Å². The van der Waals surface area contributed by atoms with Crippen molar-refractivity contribution < 1.29 is 22.4 Å². The molecule has 1 aliphatic rings. The van der Waals surface area contributed by atoms with Gasteiger partial charge in [-0.2, -0.15) is 13.2 Å². The number of nitrogens with two attached hydrogens (primary N) is 1. The molecule has 8 nitrogen and oxygen atoms in total. The number of benzene rings is 1. The van der Waals surface area contributed by atoms with Crippen LogP contribution in [0, 0.1) is 11.7 Å². The number of pyridine rings is 1. The second kappa shape index (κ2) is 10.4. The molecular weight excluding hydrogens is 528 g/mol. The number of hydrogen-bond donors (Lipinski definition) is 1. The van der Waals surface area contributed by atoms with Gasteiger partial charge in [-0.3, -0.25) is 9.59 Å². The number of rotatable bonds is 9. The molecule has 0 bridgehead atoms. The third-order valence-electron chi connectivity index (χ3n) is 8.02. The lowest BCUT2D eigenvalue weighted by Gasteiger charge is -2.47. The van der Waals surface area contributed by atoms with Crippen LogP contribution in [0.25, 0.3) is 0 Å². The van der Waals surface area contributed by atoms with E-state index in [0.717, 1.165) is 30.4 Å². The average molecular weight is 563 g/mol. The van der Waals surface area contributed by atoms with Crippen LogP contribution in [0.5, 0.6) is 0 Å². The van der Waals surface area contributed by atoms with E-state index in [0.29, 0.717) is 16.9 Å². The van der Waals surface area contributed by atoms with Gasteiger partial charge in [-0.25, -0.2) is 4.39 Å². The summed E-state index contributed by atoms with van der Waals surface area (Å²) in [6, 6.07) is 6.09. The molecular formula is C28H34F4N6O2. The van der Waals surface area contributed by atoms with Crippen LogP contribution in [0.15, 0.2) is 41.6 Å². The zero-order valence-electron chi connectivity index (χ0n) is 23.2. The number of amides is 1. The molecule has 40 heavy (non-hydrogen) atoms. The molecule has 0 atom stereocenters. The van der Waals surface area contributed by atoms with Crippen molar-refractivity contribution >= 4 is 11.6 Å². The number of primary amides is 1. The fourth-order valence-electron chi connectivity index (χ4n) is 5.68. The summed E-state index contributed by atoms with van der Waals surface area (Å²) >= 11 is 0. The van der Waals surface area contributed by atoms with Gasteiger partial charge in [-0.15, -0.1) is 10.2 Å². The molecule has 0 saturated heterocycles. The molecule has 12 heteroatoms. The van der Waals surface area contributed by atoms with Crippen molar-refractivity contribution in [1.82, 2.24) is 19.3 Å². The second-order valence-corrected chi connectivity index (χ2v) is 11.5. The van der Waals surface area contributed by atoms with Gasteiger partial charge in [0, 0.05) is 25.3 Å². The fourth-order valence-corrected chi connectivity index (χ4v) is 5.68. The Bertz CT molecular complexity index is 1470. The topological polar surface area (TPSA) is 99.0 Å². The minimum atomic E-state index is -4.70. The Hall–Kier alpha value is -3.70. The summed E-state index contributed by atoms with van der Waals surface area (Å²) in [5.74, 6) is -0.448. The molecule has 0 radical (unpaired) electrons. The van der Waals surface area contributed by atoms with E-state index in [1.165, 1.54) is 12.1 Å². The normalized spacial score (nSPS) is 19.4. The third kappa shape index (κ3) is 5.48. The van der Waals surface area contributed by atoms with Gasteiger partial charge in [0.05, 0.1) is 11.1 Å². The quantitative estimate of drug-likeness (QED) is 0.382. The maximum absolute atomic E-state index is 15.6. The molecule has 0 unspecified atom stereocenters. The first-order valence-corrected chi connectivity index (χ1v) is 13.1. The van der Waals surface area contributed by atoms with Crippen molar-refractivity contribution in [2.75, 3.05) is 4.90 Å². The van der Waals surface area contributed by atoms with Crippen molar-refractivity contribution in [2.24, 2.45) is 18.7 Å². The number of aryl methyl sites for hydroxylation is 1. The van der Waals surface area contributed by atoms with Crippen molar-refractivity contribution in [3.63, 3.8) is 0 Å². The van der Waals surface area contributed by atoms with E-state index >= 15 is 4.39 Å². The Kier molecular flexibility index (Phi) is 7.59. The maximum atomic E-state index is 15.6. The highest BCUT2D eigenvalue weighted by Gasteiger charge is 2.48. The largest absolute Gasteiger partial charge is 0.406 e. The SMILES string of the molecule is CCC(C)(C)N(Cc1cc(C(N)=O)c(=O)n(CC(F)(F)F)c1)c1cc(C2(c3nncn3C)CC(C)C2)ccc1F. The summed E-state index contributed by atoms with van der Waals surface area (Å²) in [4.78, 5) is 26.2. The number of aromatic nitrogens is 4. The molecule has 1 fully saturated rings. The van der Waals surface area contributed by atoms with Gasteiger partial charge in [0.2, 0.25) is 0 Å². The van der Waals surface area contributed by atoms with Gasteiger partial charge >= 0.3 is 6.18 Å². The molecule has 3 aromatic rings. The van der Waals surface area contributed by atoms with E-state index < -0.39 is 46.5 Å². The van der Waals surface area contributed by atoms with Crippen LogP contribution >= 0.6 is 0 Å². The lowest BCUT2D eigenvalue weighted by molar-refractivity contribution is -0.141. The summed E-state index contributed by atoms with van der Waals surface area (Å²) in [5, 5.41) is 8.41. The van der Waals surface area contributed by atoms with Crippen molar-refractivity contribution in [3.05, 3.63) is 75.5 Å². The number of carbonyl (C=O) groups is 1. The molecule has 2 aromatic heterocycles. The molecule has 0 aliphatic heterocycles. The summed E-state index contributed by atoms with van der Waals surface area (Å²) in [5.41, 5.74) is 3.83. The zero-order chi connectivity index (χ0) is 29.6. The van der Waals surface area contributed by atoms with Crippen LogP contribution in [0.4, 0.5) is 23.2 Å². The number of nitrogens with zero attached hydrogens (tertiary/aromatic N) is 5. The summed E-state index contributed by atoms with van der Waals surface area (Å²) in [6.45, 7) is 6.18. The van der Waals surface area contributed by atoms with Gasteiger partial charge in [0.15, 0.2) is 0 Å². The first kappa shape index (κ1) is 29.3. The highest BCUT2D eigenvalue weighted by molar-refractivity contribution is 5.92. The van der Waals surface area contributed by atoms with Crippen molar-refractivity contribution in [2.45, 2.75) is 77.2 Å². The van der Waals surface area contributed by atoms with Gasteiger partial charge in [-0.05, 0) is 68.4 Å². The Labute approximate surface area is 229 Å². The van der Waals surface area contributed by atoms with E-state index in [2.05, 4.69) is 17.1 Å². The van der Waals surface area contributed by atoms with E-state index in [4.69, 9.17) is 5.73 Å². The predicted octanol–water partition coefficient (Wildman–Crippen LogP) is 4.69. The first-order chi connectivity index (χ1) is 18.6. The van der Waals surface area contributed by atoms with Crippen LogP contribution in [0.2, 0.25) is 0 Å². The molecule has 1 aromatic carbocycles. The average Bonchev–Trinajstić information content (AvgIpc) is 3.27. The van der Waals surface area contributed by atoms with Crippen LogP contribution < -0.4 is 16.2 Å². The highest BCUT2D eigenvalue weighted by atomic mass is 19.4. The van der Waals surface area contributed by atoms with E-state index in [9.17, 15) is 22.8 Å². The van der Waals surface area contributed by atoms with Crippen molar-refractivity contribution in [3.8, 4) is 0 Å². The molecule has 1 saturated carbocycles. The smallest absolute Gasteiger partial charge is 0.365 e. The Morgan fingerprint density at radius 1 is 1.23 bits per heavy atom. The Morgan fingerprint density at radius 2 is 1.90 bits per heavy atom. The van der Waals surface area contributed by atoms with Gasteiger partial charge in [0.1, 0.15) is 30.1 Å². The van der Waals surface area contributed by atoms with Gasteiger partial charge < -0.3 is 19.8 Å². The molecule has 1 amide bonds. The van der Waals surface area contributed by atoms with E-state index in [-0.39, 0.29) is 17.8 Å². The molecule has 2 heterocycles. The Morgan fingerprint density at radius 3 is 2.42 bits per heavy atom. The molecule has 2 N–H and O–H groups in total. The van der Waals surface area contributed by atoms with Crippen LogP contribution in [0.3, 0.4) is 0 Å². The number of alkyl halides is 3. The molecule has 216 valence electrons. The third-order valence-corrected chi connectivity index (χ3v) is 8.02. The minimum Gasteiger partial charge on any atom is -0.365 e. The second-order valence-electron chi connectivity index (χ2n) is 11.5. The summed E-state index contributed by atoms with van der Waals surface area (Å²) in [7, 11) is 1.86. The van der Waals surface area contributed by atoms with Gasteiger partial charge in [0.25, 0.3) is 11.5 Å². The van der Waals surface area contributed by atoms with Crippen molar-refractivity contribution in [1.29, 1.82) is 0 Å². The standard InChI is InChI=1S/C28H34F4N6O2/c1-6-26(3,4)38(14-18-9-20(23(33)39)24(40)37(13-18)15-28(30,31)32)22-10-19(7-8-21(22)29)27(11-17(2)12-27)25-35-34-16-36(25)5/h7-10,13,16-17H,6,11-12,14-15H2,1-5H3,(H2,33,39). The van der Waals surface area contributed by atoms with Crippen LogP contribution in [0.1, 0.15) is 74.3 Å². The fraction of sp³-hybridized carbons (Fsp3) is 0.500. The van der Waals surface area contributed by atoms with Crippen LogP contribution in [-0.4, -0.2) is 37.0 Å². The predicted molar refractivity (Wildman–Crippen MR) is 142 cm³/mol. The lowest BCUT2D eigenvalue weighted by atomic mass is 9.58. The molecule has 1 aliphatic carbocycles. The number of halogens is 4. The number of hydrogen-bond acceptors (Lipinski definition) is 5.